The van der Waals surface area contributed by atoms with Gasteiger partial charge in [-0.05, 0) is 70.7 Å². The molecule has 0 aliphatic heterocycles. The third kappa shape index (κ3) is 3.56. The lowest BCUT2D eigenvalue weighted by Gasteiger charge is -2.28. The number of carbonyl (C=O) groups is 1. The summed E-state index contributed by atoms with van der Waals surface area (Å²) in [5.74, 6) is 0.0248. The highest BCUT2D eigenvalue weighted by Crippen LogP contribution is 2.32. The Morgan fingerprint density at radius 2 is 1.89 bits per heavy atom. The number of hydrogen-bond acceptors (Lipinski definition) is 3. The summed E-state index contributed by atoms with van der Waals surface area (Å²) in [6, 6.07) is 2.79. The van der Waals surface area contributed by atoms with Crippen LogP contribution in [0.5, 0.6) is 0 Å². The number of rotatable bonds is 3. The lowest BCUT2D eigenvalue weighted by atomic mass is 9.91. The van der Waals surface area contributed by atoms with Crippen molar-refractivity contribution in [2.75, 3.05) is 7.05 Å². The van der Waals surface area contributed by atoms with Gasteiger partial charge in [-0.3, -0.25) is 4.79 Å². The number of carbonyl (C=O) groups excluding carboxylic acids is 1. The third-order valence-electron chi connectivity index (χ3n) is 3.37. The van der Waals surface area contributed by atoms with Crippen LogP contribution < -0.4 is 10.6 Å². The minimum Gasteiger partial charge on any atom is -0.349 e. The molecule has 1 aliphatic rings. The number of thiophene rings is 1. The summed E-state index contributed by atoms with van der Waals surface area (Å²) in [6.07, 6.45) is 4.38. The Morgan fingerprint density at radius 3 is 2.39 bits per heavy atom. The second-order valence-electron chi connectivity index (χ2n) is 4.55. The predicted octanol–water partition coefficient (Wildman–Crippen LogP) is 3.53. The molecule has 0 radical (unpaired) electrons. The first-order valence-corrected chi connectivity index (χ1v) is 8.43. The third-order valence-corrected chi connectivity index (χ3v) is 5.71. The first kappa shape index (κ1) is 14.5. The van der Waals surface area contributed by atoms with E-state index in [-0.39, 0.29) is 5.91 Å². The summed E-state index contributed by atoms with van der Waals surface area (Å²) < 4.78 is 1.86. The molecule has 2 N–H and O–H groups in total. The van der Waals surface area contributed by atoms with E-state index in [1.54, 1.807) is 0 Å². The summed E-state index contributed by atoms with van der Waals surface area (Å²) in [6.45, 7) is 0. The summed E-state index contributed by atoms with van der Waals surface area (Å²) >= 11 is 8.34. The van der Waals surface area contributed by atoms with Gasteiger partial charge >= 0.3 is 0 Å². The largest absolute Gasteiger partial charge is 0.349 e. The molecule has 1 saturated carbocycles. The van der Waals surface area contributed by atoms with Crippen LogP contribution in [0.2, 0.25) is 0 Å². The van der Waals surface area contributed by atoms with Crippen molar-refractivity contribution in [3.63, 3.8) is 0 Å². The highest BCUT2D eigenvalue weighted by molar-refractivity contribution is 9.12. The van der Waals surface area contributed by atoms with E-state index in [0.717, 1.165) is 38.8 Å². The lowest BCUT2D eigenvalue weighted by Crippen LogP contribution is -2.41. The van der Waals surface area contributed by atoms with Crippen molar-refractivity contribution in [3.05, 3.63) is 19.2 Å². The minimum absolute atomic E-state index is 0.0248. The van der Waals surface area contributed by atoms with Crippen LogP contribution in [0.25, 0.3) is 0 Å². The van der Waals surface area contributed by atoms with Gasteiger partial charge in [-0.1, -0.05) is 0 Å². The van der Waals surface area contributed by atoms with Gasteiger partial charge < -0.3 is 10.6 Å². The Hall–Kier alpha value is 0.0900. The van der Waals surface area contributed by atoms with Crippen LogP contribution >= 0.6 is 43.2 Å². The SMILES string of the molecule is CNC1CCC(NC(=O)c2cc(Br)sc2Br)CC1. The van der Waals surface area contributed by atoms with Crippen molar-refractivity contribution >= 4 is 49.1 Å². The van der Waals surface area contributed by atoms with E-state index in [1.165, 1.54) is 11.3 Å². The maximum atomic E-state index is 12.1. The van der Waals surface area contributed by atoms with Crippen LogP contribution in [0.1, 0.15) is 36.0 Å². The highest BCUT2D eigenvalue weighted by Gasteiger charge is 2.23. The van der Waals surface area contributed by atoms with Crippen LogP contribution in [0, 0.1) is 0 Å². The van der Waals surface area contributed by atoms with Crippen molar-refractivity contribution < 1.29 is 4.79 Å². The summed E-state index contributed by atoms with van der Waals surface area (Å²) in [5, 5.41) is 6.42. The lowest BCUT2D eigenvalue weighted by molar-refractivity contribution is 0.0924. The Labute approximate surface area is 128 Å². The summed E-state index contributed by atoms with van der Waals surface area (Å²) in [7, 11) is 2.00. The molecule has 0 aromatic carbocycles. The number of amides is 1. The van der Waals surface area contributed by atoms with Crippen molar-refractivity contribution in [2.45, 2.75) is 37.8 Å². The smallest absolute Gasteiger partial charge is 0.253 e. The second-order valence-corrected chi connectivity index (χ2v) is 8.30. The molecule has 2 rings (SSSR count). The molecular weight excluding hydrogens is 380 g/mol. The van der Waals surface area contributed by atoms with Gasteiger partial charge in [-0.25, -0.2) is 0 Å². The molecule has 1 aromatic rings. The van der Waals surface area contributed by atoms with E-state index in [2.05, 4.69) is 42.5 Å². The molecule has 100 valence electrons. The monoisotopic (exact) mass is 394 g/mol. The van der Waals surface area contributed by atoms with Crippen molar-refractivity contribution in [1.82, 2.24) is 10.6 Å². The van der Waals surface area contributed by atoms with Crippen LogP contribution in [0.3, 0.4) is 0 Å². The van der Waals surface area contributed by atoms with E-state index in [9.17, 15) is 4.79 Å². The zero-order valence-electron chi connectivity index (χ0n) is 10.1. The average Bonchev–Trinajstić information content (AvgIpc) is 2.69. The molecule has 0 bridgehead atoms. The van der Waals surface area contributed by atoms with Crippen molar-refractivity contribution in [1.29, 1.82) is 0 Å². The summed E-state index contributed by atoms with van der Waals surface area (Å²) in [4.78, 5) is 12.1. The molecule has 0 unspecified atom stereocenters. The second kappa shape index (κ2) is 6.50. The molecule has 1 heterocycles. The van der Waals surface area contributed by atoms with Crippen molar-refractivity contribution in [3.8, 4) is 0 Å². The van der Waals surface area contributed by atoms with E-state index in [1.807, 2.05) is 13.1 Å². The maximum Gasteiger partial charge on any atom is 0.253 e. The van der Waals surface area contributed by atoms with Crippen LogP contribution in [-0.2, 0) is 0 Å². The van der Waals surface area contributed by atoms with Gasteiger partial charge in [0.15, 0.2) is 0 Å². The van der Waals surface area contributed by atoms with Crippen LogP contribution in [0.4, 0.5) is 0 Å². The van der Waals surface area contributed by atoms with Gasteiger partial charge in [0.25, 0.3) is 5.91 Å². The fourth-order valence-electron chi connectivity index (χ4n) is 2.28. The maximum absolute atomic E-state index is 12.1. The van der Waals surface area contributed by atoms with Crippen LogP contribution in [0.15, 0.2) is 13.6 Å². The molecule has 0 saturated heterocycles. The Balaban J connectivity index is 1.90. The molecule has 0 atom stereocenters. The number of nitrogens with one attached hydrogen (secondary N) is 2. The highest BCUT2D eigenvalue weighted by atomic mass is 79.9. The fourth-order valence-corrected chi connectivity index (χ4v) is 5.08. The topological polar surface area (TPSA) is 41.1 Å². The van der Waals surface area contributed by atoms with Gasteiger partial charge in [0.05, 0.1) is 13.1 Å². The average molecular weight is 396 g/mol. The minimum atomic E-state index is 0.0248. The molecule has 1 amide bonds. The Kier molecular flexibility index (Phi) is 5.24. The molecule has 1 fully saturated rings. The molecule has 1 aliphatic carbocycles. The van der Waals surface area contributed by atoms with Gasteiger partial charge in [0, 0.05) is 12.1 Å². The first-order valence-electron chi connectivity index (χ1n) is 6.03. The van der Waals surface area contributed by atoms with E-state index < -0.39 is 0 Å². The number of halogens is 2. The molecular formula is C12H16Br2N2OS. The quantitative estimate of drug-likeness (QED) is 0.821. The van der Waals surface area contributed by atoms with Gasteiger partial charge in [-0.15, -0.1) is 11.3 Å². The van der Waals surface area contributed by atoms with Gasteiger partial charge in [0.1, 0.15) is 0 Å². The molecule has 3 nitrogen and oxygen atoms in total. The fraction of sp³-hybridized carbons (Fsp3) is 0.583. The van der Waals surface area contributed by atoms with Crippen molar-refractivity contribution in [2.24, 2.45) is 0 Å². The van der Waals surface area contributed by atoms with Gasteiger partial charge in [0.2, 0.25) is 0 Å². The van der Waals surface area contributed by atoms with Gasteiger partial charge in [-0.2, -0.15) is 0 Å². The van der Waals surface area contributed by atoms with Crippen LogP contribution in [-0.4, -0.2) is 25.0 Å². The first-order chi connectivity index (χ1) is 8.60. The molecule has 1 aromatic heterocycles. The van der Waals surface area contributed by atoms with E-state index >= 15 is 0 Å². The Morgan fingerprint density at radius 1 is 1.28 bits per heavy atom. The zero-order chi connectivity index (χ0) is 13.1. The van der Waals surface area contributed by atoms with E-state index in [4.69, 9.17) is 0 Å². The summed E-state index contributed by atoms with van der Waals surface area (Å²) in [5.41, 5.74) is 0.725. The predicted molar refractivity (Wildman–Crippen MR) is 82.3 cm³/mol. The molecule has 6 heteroatoms. The zero-order valence-corrected chi connectivity index (χ0v) is 14.1. The Bertz CT molecular complexity index is 428. The number of hydrogen-bond donors (Lipinski definition) is 2. The van der Waals surface area contributed by atoms with E-state index in [0.29, 0.717) is 12.1 Å². The normalized spacial score (nSPS) is 23.9. The standard InChI is InChI=1S/C12H16Br2N2OS/c1-15-7-2-4-8(5-3-7)16-12(17)9-6-10(13)18-11(9)14/h6-8,15H,2-5H2,1H3,(H,16,17). The molecule has 0 spiro atoms. The molecule has 18 heavy (non-hydrogen) atoms.